The Morgan fingerprint density at radius 1 is 0.500 bits per heavy atom. The van der Waals surface area contributed by atoms with Crippen molar-refractivity contribution in [1.82, 2.24) is 20.4 Å². The van der Waals surface area contributed by atoms with Gasteiger partial charge < -0.3 is 0 Å². The van der Waals surface area contributed by atoms with Crippen molar-refractivity contribution >= 4 is 0 Å². The minimum atomic E-state index is -0.336. The fourth-order valence-electron chi connectivity index (χ4n) is 1.66. The van der Waals surface area contributed by atoms with Crippen LogP contribution >= 0.6 is 0 Å². The summed E-state index contributed by atoms with van der Waals surface area (Å²) in [6.45, 7) is 0. The van der Waals surface area contributed by atoms with Crippen molar-refractivity contribution in [2.45, 2.75) is 0 Å². The molecule has 0 saturated heterocycles. The monoisotopic (exact) mass is 270 g/mol. The van der Waals surface area contributed by atoms with Crippen molar-refractivity contribution in [1.29, 1.82) is 0 Å². The topological polar surface area (TPSA) is 51.6 Å². The molecular weight excluding hydrogens is 262 g/mol. The lowest BCUT2D eigenvalue weighted by Gasteiger charge is -2.00. The Kier molecular flexibility index (Phi) is 3.12. The molecule has 1 heterocycles. The molecule has 0 aliphatic heterocycles. The highest BCUT2D eigenvalue weighted by Gasteiger charge is 2.06. The second kappa shape index (κ2) is 5.08. The zero-order valence-electron chi connectivity index (χ0n) is 10.2. The summed E-state index contributed by atoms with van der Waals surface area (Å²) in [4.78, 5) is 0. The molecule has 4 nitrogen and oxygen atoms in total. The van der Waals surface area contributed by atoms with Gasteiger partial charge in [-0.25, -0.2) is 8.78 Å². The van der Waals surface area contributed by atoms with Gasteiger partial charge in [0.1, 0.15) is 11.6 Å². The summed E-state index contributed by atoms with van der Waals surface area (Å²) in [7, 11) is 0. The van der Waals surface area contributed by atoms with Crippen molar-refractivity contribution in [3.8, 4) is 22.8 Å². The van der Waals surface area contributed by atoms with Gasteiger partial charge in [0.25, 0.3) is 0 Å². The van der Waals surface area contributed by atoms with Crippen molar-refractivity contribution in [3.05, 3.63) is 60.2 Å². The lowest BCUT2D eigenvalue weighted by atomic mass is 10.2. The first-order valence-corrected chi connectivity index (χ1v) is 5.82. The number of benzene rings is 2. The van der Waals surface area contributed by atoms with Crippen LogP contribution in [-0.2, 0) is 0 Å². The van der Waals surface area contributed by atoms with Crippen LogP contribution in [0.2, 0.25) is 0 Å². The third-order valence-corrected chi connectivity index (χ3v) is 2.68. The van der Waals surface area contributed by atoms with Crippen LogP contribution in [0.5, 0.6) is 0 Å². The average Bonchev–Trinajstić information content (AvgIpc) is 2.49. The van der Waals surface area contributed by atoms with E-state index in [1.807, 2.05) is 0 Å². The molecule has 0 aliphatic carbocycles. The predicted octanol–water partition coefficient (Wildman–Crippen LogP) is 2.88. The van der Waals surface area contributed by atoms with Crippen LogP contribution in [0, 0.1) is 11.6 Å². The Labute approximate surface area is 113 Å². The normalized spacial score (nSPS) is 10.5. The highest BCUT2D eigenvalue weighted by molar-refractivity contribution is 5.56. The third kappa shape index (κ3) is 2.49. The SMILES string of the molecule is Fc1ccc(-c2nnc(-c3ccc(F)cc3)nn2)cc1. The Hall–Kier alpha value is -2.76. The van der Waals surface area contributed by atoms with E-state index in [1.54, 1.807) is 24.3 Å². The molecule has 0 fully saturated rings. The van der Waals surface area contributed by atoms with Crippen LogP contribution in [0.4, 0.5) is 8.78 Å². The number of nitrogens with zero attached hydrogens (tertiary/aromatic N) is 4. The quantitative estimate of drug-likeness (QED) is 0.718. The first kappa shape index (κ1) is 12.3. The molecule has 6 heteroatoms. The lowest BCUT2D eigenvalue weighted by Crippen LogP contribution is -1.99. The minimum absolute atomic E-state index is 0.302. The van der Waals surface area contributed by atoms with Crippen LogP contribution in [0.3, 0.4) is 0 Å². The number of halogens is 2. The van der Waals surface area contributed by atoms with Gasteiger partial charge in [0.15, 0.2) is 0 Å². The molecule has 0 aliphatic rings. The Balaban J connectivity index is 1.91. The van der Waals surface area contributed by atoms with E-state index in [4.69, 9.17) is 0 Å². The lowest BCUT2D eigenvalue weighted by molar-refractivity contribution is 0.627. The Bertz CT molecular complexity index is 645. The molecule has 0 atom stereocenters. The molecule has 3 rings (SSSR count). The van der Waals surface area contributed by atoms with Crippen LogP contribution in [-0.4, -0.2) is 20.4 Å². The molecule has 0 radical (unpaired) electrons. The van der Waals surface area contributed by atoms with Crippen LogP contribution in [0.15, 0.2) is 48.5 Å². The van der Waals surface area contributed by atoms with Crippen LogP contribution < -0.4 is 0 Å². The van der Waals surface area contributed by atoms with Gasteiger partial charge in [-0.2, -0.15) is 0 Å². The molecular formula is C14H8F2N4. The first-order chi connectivity index (χ1) is 9.72. The summed E-state index contributed by atoms with van der Waals surface area (Å²) in [6, 6.07) is 11.4. The smallest absolute Gasteiger partial charge is 0.203 e. The summed E-state index contributed by atoms with van der Waals surface area (Å²) < 4.78 is 25.6. The molecule has 0 spiro atoms. The number of hydrogen-bond donors (Lipinski definition) is 0. The largest absolute Gasteiger partial charge is 0.207 e. The first-order valence-electron chi connectivity index (χ1n) is 5.82. The van der Waals surface area contributed by atoms with Crippen molar-refractivity contribution < 1.29 is 8.78 Å². The van der Waals surface area contributed by atoms with Crippen molar-refractivity contribution in [2.24, 2.45) is 0 Å². The van der Waals surface area contributed by atoms with E-state index >= 15 is 0 Å². The van der Waals surface area contributed by atoms with E-state index < -0.39 is 0 Å². The van der Waals surface area contributed by atoms with Gasteiger partial charge in [0, 0.05) is 11.1 Å². The van der Waals surface area contributed by atoms with Gasteiger partial charge in [-0.3, -0.25) is 0 Å². The molecule has 0 amide bonds. The molecule has 0 bridgehead atoms. The maximum Gasteiger partial charge on any atom is 0.203 e. The molecule has 98 valence electrons. The zero-order valence-corrected chi connectivity index (χ0v) is 10.2. The van der Waals surface area contributed by atoms with Crippen LogP contribution in [0.1, 0.15) is 0 Å². The summed E-state index contributed by atoms with van der Waals surface area (Å²) in [5, 5.41) is 15.8. The minimum Gasteiger partial charge on any atom is -0.207 e. The predicted molar refractivity (Wildman–Crippen MR) is 68.4 cm³/mol. The molecule has 0 N–H and O–H groups in total. The van der Waals surface area contributed by atoms with E-state index in [0.29, 0.717) is 22.8 Å². The van der Waals surface area contributed by atoms with Gasteiger partial charge in [0.2, 0.25) is 11.6 Å². The van der Waals surface area contributed by atoms with E-state index in [-0.39, 0.29) is 11.6 Å². The summed E-state index contributed by atoms with van der Waals surface area (Å²) in [5.74, 6) is -0.0677. The second-order valence-electron chi connectivity index (χ2n) is 4.06. The second-order valence-corrected chi connectivity index (χ2v) is 4.06. The molecule has 0 saturated carbocycles. The van der Waals surface area contributed by atoms with Gasteiger partial charge in [-0.1, -0.05) is 0 Å². The number of aromatic nitrogens is 4. The summed E-state index contributed by atoms with van der Waals surface area (Å²) >= 11 is 0. The number of hydrogen-bond acceptors (Lipinski definition) is 4. The molecule has 0 unspecified atom stereocenters. The van der Waals surface area contributed by atoms with Gasteiger partial charge in [-0.15, -0.1) is 20.4 Å². The van der Waals surface area contributed by atoms with E-state index in [0.717, 1.165) is 0 Å². The van der Waals surface area contributed by atoms with E-state index in [2.05, 4.69) is 20.4 Å². The van der Waals surface area contributed by atoms with Gasteiger partial charge in [0.05, 0.1) is 0 Å². The molecule has 1 aromatic heterocycles. The Morgan fingerprint density at radius 3 is 1.10 bits per heavy atom. The van der Waals surface area contributed by atoms with E-state index in [1.165, 1.54) is 24.3 Å². The Morgan fingerprint density at radius 2 is 0.800 bits per heavy atom. The zero-order chi connectivity index (χ0) is 13.9. The maximum atomic E-state index is 12.8. The fourth-order valence-corrected chi connectivity index (χ4v) is 1.66. The third-order valence-electron chi connectivity index (χ3n) is 2.68. The highest BCUT2D eigenvalue weighted by atomic mass is 19.1. The summed E-state index contributed by atoms with van der Waals surface area (Å²) in [6.07, 6.45) is 0. The van der Waals surface area contributed by atoms with Gasteiger partial charge >= 0.3 is 0 Å². The fraction of sp³-hybridized carbons (Fsp3) is 0. The maximum absolute atomic E-state index is 12.8. The van der Waals surface area contributed by atoms with Gasteiger partial charge in [-0.05, 0) is 48.5 Å². The van der Waals surface area contributed by atoms with Crippen molar-refractivity contribution in [3.63, 3.8) is 0 Å². The standard InChI is InChI=1S/C14H8F2N4/c15-11-5-1-9(2-6-11)13-17-19-14(20-18-13)10-3-7-12(16)8-4-10/h1-8H. The number of rotatable bonds is 2. The molecule has 2 aromatic carbocycles. The molecule has 20 heavy (non-hydrogen) atoms. The van der Waals surface area contributed by atoms with Crippen molar-refractivity contribution in [2.75, 3.05) is 0 Å². The highest BCUT2D eigenvalue weighted by Crippen LogP contribution is 2.16. The molecule has 3 aromatic rings. The van der Waals surface area contributed by atoms with E-state index in [9.17, 15) is 8.78 Å². The van der Waals surface area contributed by atoms with Crippen LogP contribution in [0.25, 0.3) is 22.8 Å². The summed E-state index contributed by atoms with van der Waals surface area (Å²) in [5.41, 5.74) is 1.24. The average molecular weight is 270 g/mol.